The standard InChI is InChI=1S/C17H17N3O4/c1-11-3-5-13(6-4-11)15(21)7-8-17(22)19-16-9-12(2)14(10-18-16)20(23)24/h3-6,9-10H,7-8H2,1-2H3,(H,18,19,22). The molecule has 0 atom stereocenters. The first kappa shape index (κ1) is 17.3. The number of rotatable bonds is 6. The highest BCUT2D eigenvalue weighted by Gasteiger charge is 2.14. The number of aromatic nitrogens is 1. The van der Waals surface area contributed by atoms with Crippen molar-refractivity contribution >= 4 is 23.2 Å². The fraction of sp³-hybridized carbons (Fsp3) is 0.235. The average Bonchev–Trinajstić information content (AvgIpc) is 2.53. The molecular formula is C17H17N3O4. The van der Waals surface area contributed by atoms with Crippen LogP contribution >= 0.6 is 0 Å². The van der Waals surface area contributed by atoms with Gasteiger partial charge in [0.05, 0.1) is 4.92 Å². The van der Waals surface area contributed by atoms with Crippen LogP contribution in [0.15, 0.2) is 36.5 Å². The normalized spacial score (nSPS) is 10.2. The van der Waals surface area contributed by atoms with Gasteiger partial charge in [-0.15, -0.1) is 0 Å². The number of benzene rings is 1. The van der Waals surface area contributed by atoms with Gasteiger partial charge in [-0.05, 0) is 19.9 Å². The van der Waals surface area contributed by atoms with Crippen molar-refractivity contribution in [3.8, 4) is 0 Å². The third-order valence-electron chi connectivity index (χ3n) is 3.50. The molecule has 1 aromatic heterocycles. The van der Waals surface area contributed by atoms with Gasteiger partial charge in [-0.25, -0.2) is 4.98 Å². The molecule has 1 heterocycles. The first-order chi connectivity index (χ1) is 11.4. The van der Waals surface area contributed by atoms with Gasteiger partial charge in [0.2, 0.25) is 5.91 Å². The number of nitro groups is 1. The first-order valence-electron chi connectivity index (χ1n) is 7.37. The van der Waals surface area contributed by atoms with Crippen molar-refractivity contribution in [2.45, 2.75) is 26.7 Å². The van der Waals surface area contributed by atoms with E-state index >= 15 is 0 Å². The second-order valence-electron chi connectivity index (χ2n) is 5.45. The van der Waals surface area contributed by atoms with E-state index in [1.165, 1.54) is 6.07 Å². The van der Waals surface area contributed by atoms with Gasteiger partial charge in [-0.2, -0.15) is 0 Å². The molecule has 0 bridgehead atoms. The zero-order valence-electron chi connectivity index (χ0n) is 13.4. The first-order valence-corrected chi connectivity index (χ1v) is 7.37. The molecule has 0 aliphatic heterocycles. The number of pyridine rings is 1. The van der Waals surface area contributed by atoms with Gasteiger partial charge >= 0.3 is 0 Å². The number of nitrogens with zero attached hydrogens (tertiary/aromatic N) is 2. The Morgan fingerprint density at radius 2 is 1.83 bits per heavy atom. The summed E-state index contributed by atoms with van der Waals surface area (Å²) >= 11 is 0. The van der Waals surface area contributed by atoms with Crippen LogP contribution < -0.4 is 5.32 Å². The molecule has 0 saturated heterocycles. The number of carbonyl (C=O) groups excluding carboxylic acids is 2. The summed E-state index contributed by atoms with van der Waals surface area (Å²) in [5.41, 5.74) is 1.92. The minimum Gasteiger partial charge on any atom is -0.311 e. The van der Waals surface area contributed by atoms with Crippen LogP contribution in [0.2, 0.25) is 0 Å². The summed E-state index contributed by atoms with van der Waals surface area (Å²) in [5.74, 6) is -0.250. The molecule has 0 radical (unpaired) electrons. The molecule has 0 unspecified atom stereocenters. The second-order valence-corrected chi connectivity index (χ2v) is 5.45. The average molecular weight is 327 g/mol. The largest absolute Gasteiger partial charge is 0.311 e. The molecule has 124 valence electrons. The molecule has 1 N–H and O–H groups in total. The summed E-state index contributed by atoms with van der Waals surface area (Å²) in [6.07, 6.45) is 1.20. The molecule has 24 heavy (non-hydrogen) atoms. The molecule has 1 amide bonds. The van der Waals surface area contributed by atoms with Gasteiger partial charge in [-0.3, -0.25) is 19.7 Å². The van der Waals surface area contributed by atoms with Crippen LogP contribution in [0.4, 0.5) is 11.5 Å². The van der Waals surface area contributed by atoms with E-state index in [1.807, 2.05) is 19.1 Å². The lowest BCUT2D eigenvalue weighted by Crippen LogP contribution is -2.14. The lowest BCUT2D eigenvalue weighted by atomic mass is 10.1. The van der Waals surface area contributed by atoms with Crippen LogP contribution in [0.25, 0.3) is 0 Å². The molecule has 2 aromatic rings. The number of anilines is 1. The fourth-order valence-corrected chi connectivity index (χ4v) is 2.12. The lowest BCUT2D eigenvalue weighted by molar-refractivity contribution is -0.385. The van der Waals surface area contributed by atoms with Crippen LogP contribution in [0.1, 0.15) is 34.3 Å². The van der Waals surface area contributed by atoms with E-state index in [-0.39, 0.29) is 36.0 Å². The molecule has 2 rings (SSSR count). The molecule has 1 aromatic carbocycles. The van der Waals surface area contributed by atoms with Gasteiger partial charge in [-0.1, -0.05) is 29.8 Å². The van der Waals surface area contributed by atoms with Gasteiger partial charge in [0.25, 0.3) is 5.69 Å². The van der Waals surface area contributed by atoms with Crippen LogP contribution in [-0.4, -0.2) is 21.6 Å². The number of Topliss-reactive ketones (excluding diaryl/α,β-unsaturated/α-hetero) is 1. The van der Waals surface area contributed by atoms with Crippen molar-refractivity contribution in [2.75, 3.05) is 5.32 Å². The summed E-state index contributed by atoms with van der Waals surface area (Å²) in [6.45, 7) is 3.50. The Bertz CT molecular complexity index is 785. The maximum Gasteiger partial charge on any atom is 0.290 e. The molecule has 7 nitrogen and oxygen atoms in total. The molecule has 7 heteroatoms. The van der Waals surface area contributed by atoms with E-state index in [0.717, 1.165) is 11.8 Å². The highest BCUT2D eigenvalue weighted by molar-refractivity contribution is 5.99. The Balaban J connectivity index is 1.91. The van der Waals surface area contributed by atoms with Crippen LogP contribution in [-0.2, 0) is 4.79 Å². The minimum absolute atomic E-state index is 0.0183. The topological polar surface area (TPSA) is 102 Å². The van der Waals surface area contributed by atoms with Crippen LogP contribution in [0, 0.1) is 24.0 Å². The number of ketones is 1. The summed E-state index contributed by atoms with van der Waals surface area (Å²) in [7, 11) is 0. The predicted molar refractivity (Wildman–Crippen MR) is 89.0 cm³/mol. The molecule has 0 aliphatic carbocycles. The Labute approximate surface area is 138 Å². The Hall–Kier alpha value is -3.09. The van der Waals surface area contributed by atoms with E-state index in [4.69, 9.17) is 0 Å². The number of aryl methyl sites for hydroxylation is 2. The zero-order valence-corrected chi connectivity index (χ0v) is 13.4. The number of amides is 1. The van der Waals surface area contributed by atoms with Crippen LogP contribution in [0.3, 0.4) is 0 Å². The molecule has 0 saturated carbocycles. The van der Waals surface area contributed by atoms with Gasteiger partial charge in [0.15, 0.2) is 5.78 Å². The summed E-state index contributed by atoms with van der Waals surface area (Å²) in [5, 5.41) is 13.3. The van der Waals surface area contributed by atoms with Crippen molar-refractivity contribution in [1.29, 1.82) is 0 Å². The molecular weight excluding hydrogens is 310 g/mol. The quantitative estimate of drug-likeness (QED) is 0.498. The van der Waals surface area contributed by atoms with Gasteiger partial charge in [0, 0.05) is 24.0 Å². The Kier molecular flexibility index (Phi) is 5.36. The third-order valence-corrected chi connectivity index (χ3v) is 3.50. The van der Waals surface area contributed by atoms with Crippen molar-refractivity contribution in [1.82, 2.24) is 4.98 Å². The SMILES string of the molecule is Cc1ccc(C(=O)CCC(=O)Nc2cc(C)c([N+](=O)[O-])cn2)cc1. The summed E-state index contributed by atoms with van der Waals surface area (Å²) in [4.78, 5) is 37.9. The van der Waals surface area contributed by atoms with E-state index in [0.29, 0.717) is 11.1 Å². The smallest absolute Gasteiger partial charge is 0.290 e. The monoisotopic (exact) mass is 327 g/mol. The third kappa shape index (κ3) is 4.45. The second kappa shape index (κ2) is 7.45. The maximum atomic E-state index is 12.0. The highest BCUT2D eigenvalue weighted by atomic mass is 16.6. The predicted octanol–water partition coefficient (Wildman–Crippen LogP) is 3.21. The lowest BCUT2D eigenvalue weighted by Gasteiger charge is -2.05. The number of nitrogens with one attached hydrogen (secondary N) is 1. The molecule has 0 aliphatic rings. The van der Waals surface area contributed by atoms with E-state index < -0.39 is 4.92 Å². The van der Waals surface area contributed by atoms with Gasteiger partial charge < -0.3 is 5.32 Å². The van der Waals surface area contributed by atoms with Crippen molar-refractivity contribution < 1.29 is 14.5 Å². The van der Waals surface area contributed by atoms with Gasteiger partial charge in [0.1, 0.15) is 12.0 Å². The van der Waals surface area contributed by atoms with Crippen molar-refractivity contribution in [2.24, 2.45) is 0 Å². The number of hydrogen-bond acceptors (Lipinski definition) is 5. The number of hydrogen-bond donors (Lipinski definition) is 1. The fourth-order valence-electron chi connectivity index (χ4n) is 2.12. The van der Waals surface area contributed by atoms with Crippen molar-refractivity contribution in [3.05, 3.63) is 63.3 Å². The molecule has 0 spiro atoms. The minimum atomic E-state index is -0.534. The Morgan fingerprint density at radius 3 is 2.42 bits per heavy atom. The number of carbonyl (C=O) groups is 2. The van der Waals surface area contributed by atoms with E-state index in [9.17, 15) is 19.7 Å². The summed E-state index contributed by atoms with van der Waals surface area (Å²) < 4.78 is 0. The summed E-state index contributed by atoms with van der Waals surface area (Å²) in [6, 6.07) is 8.58. The highest BCUT2D eigenvalue weighted by Crippen LogP contribution is 2.19. The van der Waals surface area contributed by atoms with Crippen molar-refractivity contribution in [3.63, 3.8) is 0 Å². The van der Waals surface area contributed by atoms with Crippen LogP contribution in [0.5, 0.6) is 0 Å². The van der Waals surface area contributed by atoms with E-state index in [1.54, 1.807) is 19.1 Å². The van der Waals surface area contributed by atoms with E-state index in [2.05, 4.69) is 10.3 Å². The molecule has 0 fully saturated rings. The Morgan fingerprint density at radius 1 is 1.17 bits per heavy atom. The zero-order chi connectivity index (χ0) is 17.7. The maximum absolute atomic E-state index is 12.0.